The molecule has 104 valence electrons. The van der Waals surface area contributed by atoms with Crippen LogP contribution in [0.4, 0.5) is 4.39 Å². The summed E-state index contributed by atoms with van der Waals surface area (Å²) in [7, 11) is 0. The van der Waals surface area contributed by atoms with Gasteiger partial charge in [-0.3, -0.25) is 14.3 Å². The molecule has 0 aliphatic carbocycles. The van der Waals surface area contributed by atoms with Crippen LogP contribution < -0.4 is 16.0 Å². The number of fused-ring (bicyclic) bond motifs is 1. The molecule has 1 aromatic heterocycles. The first-order valence-corrected chi connectivity index (χ1v) is 6.76. The molecule has 0 saturated heterocycles. The van der Waals surface area contributed by atoms with Crippen LogP contribution in [0.5, 0.6) is 5.75 Å². The molecule has 2 aromatic rings. The molecule has 1 aromatic carbocycles. The van der Waals surface area contributed by atoms with E-state index in [1.807, 2.05) is 0 Å². The van der Waals surface area contributed by atoms with E-state index in [0.29, 0.717) is 12.2 Å². The topological polar surface area (TPSA) is 64.1 Å². The zero-order valence-corrected chi connectivity index (χ0v) is 11.8. The van der Waals surface area contributed by atoms with Crippen LogP contribution >= 0.6 is 15.9 Å². The van der Waals surface area contributed by atoms with Gasteiger partial charge in [0.25, 0.3) is 5.56 Å². The highest BCUT2D eigenvalue weighted by atomic mass is 79.9. The molecule has 7 heteroatoms. The molecular formula is C13H10BrFN2O3. The minimum Gasteiger partial charge on any atom is -0.488 e. The molecule has 1 N–H and O–H groups in total. The molecule has 1 aliphatic heterocycles. The summed E-state index contributed by atoms with van der Waals surface area (Å²) in [6.07, 6.45) is 1.69. The Morgan fingerprint density at radius 1 is 1.45 bits per heavy atom. The molecule has 0 spiro atoms. The molecule has 0 fully saturated rings. The lowest BCUT2D eigenvalue weighted by Gasteiger charge is -2.12. The quantitative estimate of drug-likeness (QED) is 0.899. The summed E-state index contributed by atoms with van der Waals surface area (Å²) in [5.74, 6) is 0.324. The second-order valence-electron chi connectivity index (χ2n) is 4.58. The lowest BCUT2D eigenvalue weighted by molar-refractivity contribution is 0.206. The Morgan fingerprint density at radius 3 is 3.05 bits per heavy atom. The number of nitrogens with zero attached hydrogens (tertiary/aromatic N) is 1. The number of H-pyrrole nitrogens is 1. The number of nitrogens with one attached hydrogen (secondary N) is 1. The van der Waals surface area contributed by atoms with Gasteiger partial charge in [-0.2, -0.15) is 0 Å². The number of halogens is 2. The van der Waals surface area contributed by atoms with Gasteiger partial charge in [0.1, 0.15) is 17.7 Å². The van der Waals surface area contributed by atoms with Crippen molar-refractivity contribution in [2.75, 3.05) is 0 Å². The molecule has 20 heavy (non-hydrogen) atoms. The number of benzene rings is 1. The van der Waals surface area contributed by atoms with Gasteiger partial charge in [0, 0.05) is 18.2 Å². The van der Waals surface area contributed by atoms with E-state index in [4.69, 9.17) is 4.74 Å². The molecule has 1 aliphatic rings. The number of hydrogen-bond acceptors (Lipinski definition) is 3. The maximum Gasteiger partial charge on any atom is 0.328 e. The van der Waals surface area contributed by atoms with Crippen molar-refractivity contribution in [1.29, 1.82) is 0 Å². The molecule has 0 radical (unpaired) electrons. The summed E-state index contributed by atoms with van der Waals surface area (Å²) < 4.78 is 20.4. The van der Waals surface area contributed by atoms with E-state index in [2.05, 4.69) is 20.9 Å². The Hall–Kier alpha value is -1.89. The van der Waals surface area contributed by atoms with Gasteiger partial charge in [-0.15, -0.1) is 0 Å². The zero-order valence-electron chi connectivity index (χ0n) is 10.2. The molecule has 0 amide bonds. The summed E-state index contributed by atoms with van der Waals surface area (Å²) in [5, 5.41) is 0. The molecule has 1 atom stereocenters. The molecule has 0 bridgehead atoms. The monoisotopic (exact) mass is 340 g/mol. The van der Waals surface area contributed by atoms with Crippen LogP contribution in [0.25, 0.3) is 0 Å². The van der Waals surface area contributed by atoms with Gasteiger partial charge in [0.2, 0.25) is 0 Å². The van der Waals surface area contributed by atoms with E-state index >= 15 is 0 Å². The zero-order chi connectivity index (χ0) is 14.3. The average molecular weight is 341 g/mol. The first-order chi connectivity index (χ1) is 9.52. The van der Waals surface area contributed by atoms with Gasteiger partial charge in [-0.1, -0.05) is 0 Å². The van der Waals surface area contributed by atoms with Crippen LogP contribution in [-0.4, -0.2) is 15.7 Å². The van der Waals surface area contributed by atoms with E-state index in [1.54, 1.807) is 6.07 Å². The number of rotatable bonds is 2. The fraction of sp³-hybridized carbons (Fsp3) is 0.231. The predicted molar refractivity (Wildman–Crippen MR) is 73.5 cm³/mol. The third-order valence-electron chi connectivity index (χ3n) is 3.13. The standard InChI is InChI=1S/C13H10BrFN2O3/c14-10-6-17(13(19)16-12(10)18)5-9-4-7-3-8(15)1-2-11(7)20-9/h1-3,6,9H,4-5H2,(H,16,18,19). The van der Waals surface area contributed by atoms with Crippen LogP contribution in [0.15, 0.2) is 38.5 Å². The predicted octanol–water partition coefficient (Wildman–Crippen LogP) is 1.44. The SMILES string of the molecule is O=c1[nH]c(=O)n(CC2Cc3cc(F)ccc3O2)cc1Br. The fourth-order valence-electron chi connectivity index (χ4n) is 2.23. The highest BCUT2D eigenvalue weighted by molar-refractivity contribution is 9.10. The molecule has 0 saturated carbocycles. The number of hydrogen-bond donors (Lipinski definition) is 1. The Kier molecular flexibility index (Phi) is 3.21. The second kappa shape index (κ2) is 4.90. The maximum atomic E-state index is 13.1. The van der Waals surface area contributed by atoms with Gasteiger partial charge >= 0.3 is 5.69 Å². The van der Waals surface area contributed by atoms with Crippen LogP contribution in [0.3, 0.4) is 0 Å². The highest BCUT2D eigenvalue weighted by Gasteiger charge is 2.24. The van der Waals surface area contributed by atoms with Crippen LogP contribution in [0.2, 0.25) is 0 Å². The number of aromatic amines is 1. The minimum atomic E-state index is -0.496. The van der Waals surface area contributed by atoms with Crippen molar-refractivity contribution in [3.8, 4) is 5.75 Å². The number of aromatic nitrogens is 2. The Morgan fingerprint density at radius 2 is 2.25 bits per heavy atom. The molecule has 1 unspecified atom stereocenters. The van der Waals surface area contributed by atoms with Gasteiger partial charge in [0.15, 0.2) is 0 Å². The Labute approximate surface area is 121 Å². The second-order valence-corrected chi connectivity index (χ2v) is 5.44. The molecule has 5 nitrogen and oxygen atoms in total. The van der Waals surface area contributed by atoms with Gasteiger partial charge < -0.3 is 4.74 Å². The minimum absolute atomic E-state index is 0.262. The first-order valence-electron chi connectivity index (χ1n) is 5.97. The first kappa shape index (κ1) is 13.1. The van der Waals surface area contributed by atoms with Crippen LogP contribution in [-0.2, 0) is 13.0 Å². The Bertz CT molecular complexity index is 784. The van der Waals surface area contributed by atoms with Crippen molar-refractivity contribution in [3.63, 3.8) is 0 Å². The summed E-state index contributed by atoms with van der Waals surface area (Å²) >= 11 is 3.07. The van der Waals surface area contributed by atoms with E-state index in [0.717, 1.165) is 5.56 Å². The van der Waals surface area contributed by atoms with E-state index < -0.39 is 11.2 Å². The summed E-state index contributed by atoms with van der Waals surface area (Å²) in [6, 6.07) is 4.35. The highest BCUT2D eigenvalue weighted by Crippen LogP contribution is 2.29. The van der Waals surface area contributed by atoms with Gasteiger partial charge in [0.05, 0.1) is 11.0 Å². The largest absolute Gasteiger partial charge is 0.488 e. The van der Waals surface area contributed by atoms with Crippen molar-refractivity contribution in [3.05, 3.63) is 61.1 Å². The summed E-state index contributed by atoms with van der Waals surface area (Å²) in [5.41, 5.74) is -0.181. The molecule has 2 heterocycles. The van der Waals surface area contributed by atoms with E-state index in [-0.39, 0.29) is 22.9 Å². The van der Waals surface area contributed by atoms with Crippen molar-refractivity contribution in [2.24, 2.45) is 0 Å². The number of ether oxygens (including phenoxy) is 1. The lowest BCUT2D eigenvalue weighted by Crippen LogP contribution is -2.34. The normalized spacial score (nSPS) is 16.8. The molecular weight excluding hydrogens is 331 g/mol. The van der Waals surface area contributed by atoms with Crippen molar-refractivity contribution in [2.45, 2.75) is 19.1 Å². The van der Waals surface area contributed by atoms with Crippen LogP contribution in [0.1, 0.15) is 5.56 Å². The van der Waals surface area contributed by atoms with Crippen molar-refractivity contribution < 1.29 is 9.13 Å². The van der Waals surface area contributed by atoms with Crippen molar-refractivity contribution >= 4 is 15.9 Å². The fourth-order valence-corrected chi connectivity index (χ4v) is 2.57. The summed E-state index contributed by atoms with van der Waals surface area (Å²) in [4.78, 5) is 25.1. The van der Waals surface area contributed by atoms with Crippen molar-refractivity contribution in [1.82, 2.24) is 9.55 Å². The third kappa shape index (κ3) is 2.40. The third-order valence-corrected chi connectivity index (χ3v) is 3.70. The Balaban J connectivity index is 1.83. The van der Waals surface area contributed by atoms with E-state index in [1.165, 1.54) is 22.9 Å². The van der Waals surface area contributed by atoms with Gasteiger partial charge in [-0.05, 0) is 34.1 Å². The maximum absolute atomic E-state index is 13.1. The summed E-state index contributed by atoms with van der Waals surface area (Å²) in [6.45, 7) is 0.282. The van der Waals surface area contributed by atoms with Gasteiger partial charge in [-0.25, -0.2) is 9.18 Å². The smallest absolute Gasteiger partial charge is 0.328 e. The van der Waals surface area contributed by atoms with E-state index in [9.17, 15) is 14.0 Å². The lowest BCUT2D eigenvalue weighted by atomic mass is 10.1. The molecule has 3 rings (SSSR count). The average Bonchev–Trinajstić information content (AvgIpc) is 2.77. The van der Waals surface area contributed by atoms with Crippen LogP contribution in [0, 0.1) is 5.82 Å².